The lowest BCUT2D eigenvalue weighted by atomic mass is 10.3. The van der Waals surface area contributed by atoms with E-state index in [1.54, 1.807) is 41.8 Å². The highest BCUT2D eigenvalue weighted by atomic mass is 32.2. The second-order valence-corrected chi connectivity index (χ2v) is 11.1. The Labute approximate surface area is 180 Å². The van der Waals surface area contributed by atoms with Crippen molar-refractivity contribution in [3.8, 4) is 11.5 Å². The van der Waals surface area contributed by atoms with Crippen molar-refractivity contribution in [1.29, 1.82) is 0 Å². The minimum absolute atomic E-state index is 0.126. The van der Waals surface area contributed by atoms with Gasteiger partial charge in [0.15, 0.2) is 9.84 Å². The van der Waals surface area contributed by atoms with Gasteiger partial charge >= 0.3 is 0 Å². The fourth-order valence-corrected chi connectivity index (χ4v) is 7.01. The average molecular weight is 468 g/mol. The SMILES string of the molecule is COc1ccc(OC)c(S(=O)(=O)NC[C@@H](c2cccs2)S(=O)(=O)c2ccccc2)c1. The molecule has 0 aliphatic carbocycles. The van der Waals surface area contributed by atoms with Gasteiger partial charge in [-0.2, -0.15) is 0 Å². The molecule has 0 saturated heterocycles. The Hall–Kier alpha value is -2.40. The summed E-state index contributed by atoms with van der Waals surface area (Å²) in [4.78, 5) is 0.534. The Kier molecular flexibility index (Phi) is 6.81. The molecule has 3 aromatic rings. The van der Waals surface area contributed by atoms with Crippen molar-refractivity contribution < 1.29 is 26.3 Å². The summed E-state index contributed by atoms with van der Waals surface area (Å²) in [6.45, 7) is -0.333. The first kappa shape index (κ1) is 22.3. The summed E-state index contributed by atoms with van der Waals surface area (Å²) in [5, 5.41) is 0.675. The summed E-state index contributed by atoms with van der Waals surface area (Å²) in [6, 6.07) is 15.8. The largest absolute Gasteiger partial charge is 0.497 e. The molecule has 10 heteroatoms. The van der Waals surface area contributed by atoms with Crippen LogP contribution in [0, 0.1) is 0 Å². The second kappa shape index (κ2) is 9.17. The van der Waals surface area contributed by atoms with Crippen molar-refractivity contribution in [1.82, 2.24) is 4.72 Å². The molecule has 0 spiro atoms. The number of benzene rings is 2. The van der Waals surface area contributed by atoms with Crippen molar-refractivity contribution in [2.45, 2.75) is 15.0 Å². The van der Waals surface area contributed by atoms with Gasteiger partial charge in [0.05, 0.1) is 19.1 Å². The molecule has 7 nitrogen and oxygen atoms in total. The summed E-state index contributed by atoms with van der Waals surface area (Å²) in [7, 11) is -5.13. The van der Waals surface area contributed by atoms with Crippen LogP contribution in [0.15, 0.2) is 75.8 Å². The Morgan fingerprint density at radius 2 is 1.67 bits per heavy atom. The van der Waals surface area contributed by atoms with E-state index in [1.807, 2.05) is 0 Å². The van der Waals surface area contributed by atoms with Gasteiger partial charge in [0.25, 0.3) is 0 Å². The highest BCUT2D eigenvalue weighted by Crippen LogP contribution is 2.33. The number of ether oxygens (including phenoxy) is 2. The van der Waals surface area contributed by atoms with Crippen molar-refractivity contribution in [3.63, 3.8) is 0 Å². The molecule has 0 unspecified atom stereocenters. The minimum atomic E-state index is -4.08. The summed E-state index contributed by atoms with van der Waals surface area (Å²) < 4.78 is 65.1. The van der Waals surface area contributed by atoms with Crippen LogP contribution in [0.2, 0.25) is 0 Å². The highest BCUT2D eigenvalue weighted by molar-refractivity contribution is 7.92. The molecule has 0 bridgehead atoms. The van der Waals surface area contributed by atoms with Gasteiger partial charge in [0.2, 0.25) is 10.0 Å². The number of hydrogen-bond acceptors (Lipinski definition) is 7. The van der Waals surface area contributed by atoms with Crippen LogP contribution in [0.25, 0.3) is 0 Å². The van der Waals surface area contributed by atoms with Gasteiger partial charge in [-0.1, -0.05) is 24.3 Å². The third kappa shape index (κ3) is 4.67. The number of nitrogens with one attached hydrogen (secondary N) is 1. The molecule has 30 heavy (non-hydrogen) atoms. The minimum Gasteiger partial charge on any atom is -0.497 e. The molecule has 0 aliphatic rings. The third-order valence-electron chi connectivity index (χ3n) is 4.43. The van der Waals surface area contributed by atoms with Crippen molar-refractivity contribution in [3.05, 3.63) is 70.9 Å². The lowest BCUT2D eigenvalue weighted by molar-refractivity contribution is 0.392. The molecule has 0 fully saturated rings. The lowest BCUT2D eigenvalue weighted by Gasteiger charge is -2.18. The molecule has 1 heterocycles. The Bertz CT molecular complexity index is 1190. The molecule has 2 aromatic carbocycles. The number of rotatable bonds is 9. The van der Waals surface area contributed by atoms with E-state index < -0.39 is 25.1 Å². The quantitative estimate of drug-likeness (QED) is 0.519. The molecule has 0 aliphatic heterocycles. The van der Waals surface area contributed by atoms with Crippen molar-refractivity contribution >= 4 is 31.2 Å². The predicted molar refractivity (Wildman–Crippen MR) is 115 cm³/mol. The van der Waals surface area contributed by atoms with Crippen LogP contribution in [0.3, 0.4) is 0 Å². The fraction of sp³-hybridized carbons (Fsp3) is 0.200. The van der Waals surface area contributed by atoms with Gasteiger partial charge in [-0.3, -0.25) is 0 Å². The van der Waals surface area contributed by atoms with Gasteiger partial charge < -0.3 is 9.47 Å². The number of sulfone groups is 1. The van der Waals surface area contributed by atoms with E-state index in [-0.39, 0.29) is 22.1 Å². The summed E-state index contributed by atoms with van der Waals surface area (Å²) in [5.74, 6) is 0.463. The molecule has 0 saturated carbocycles. The van der Waals surface area contributed by atoms with Crippen LogP contribution >= 0.6 is 11.3 Å². The van der Waals surface area contributed by atoms with Crippen LogP contribution in [0.4, 0.5) is 0 Å². The van der Waals surface area contributed by atoms with Gasteiger partial charge in [-0.05, 0) is 35.7 Å². The maximum absolute atomic E-state index is 13.2. The molecule has 1 aromatic heterocycles. The maximum Gasteiger partial charge on any atom is 0.244 e. The molecule has 3 rings (SSSR count). The number of methoxy groups -OCH3 is 2. The average Bonchev–Trinajstić information content (AvgIpc) is 3.28. The number of hydrogen-bond donors (Lipinski definition) is 1. The molecule has 0 radical (unpaired) electrons. The van der Waals surface area contributed by atoms with Gasteiger partial charge in [0, 0.05) is 17.5 Å². The van der Waals surface area contributed by atoms with Crippen LogP contribution < -0.4 is 14.2 Å². The predicted octanol–water partition coefficient (Wildman–Crippen LogP) is 3.26. The Balaban J connectivity index is 1.96. The molecular weight excluding hydrogens is 446 g/mol. The van der Waals surface area contributed by atoms with Crippen LogP contribution in [0.1, 0.15) is 10.1 Å². The summed E-state index contributed by atoms with van der Waals surface area (Å²) >= 11 is 1.25. The summed E-state index contributed by atoms with van der Waals surface area (Å²) in [5.41, 5.74) is 0. The molecule has 1 atom stereocenters. The number of thiophene rings is 1. The molecular formula is C20H21NO6S3. The Morgan fingerprint density at radius 3 is 2.27 bits per heavy atom. The lowest BCUT2D eigenvalue weighted by Crippen LogP contribution is -2.32. The second-order valence-electron chi connectivity index (χ2n) is 6.23. The molecule has 0 amide bonds. The topological polar surface area (TPSA) is 98.8 Å². The van der Waals surface area contributed by atoms with Gasteiger partial charge in [-0.25, -0.2) is 21.6 Å². The van der Waals surface area contributed by atoms with E-state index in [2.05, 4.69) is 4.72 Å². The van der Waals surface area contributed by atoms with E-state index in [9.17, 15) is 16.8 Å². The summed E-state index contributed by atoms with van der Waals surface area (Å²) in [6.07, 6.45) is 0. The van der Waals surface area contributed by atoms with Crippen LogP contribution in [0.5, 0.6) is 11.5 Å². The van der Waals surface area contributed by atoms with E-state index in [0.717, 1.165) is 0 Å². The first-order chi connectivity index (χ1) is 14.3. The third-order valence-corrected chi connectivity index (χ3v) is 9.10. The van der Waals surface area contributed by atoms with Gasteiger partial charge in [0.1, 0.15) is 21.6 Å². The standard InChI is InChI=1S/C20H21NO6S3/c1-26-15-10-11-17(27-2)19(13-15)30(24,25)21-14-20(18-9-6-12-28-18)29(22,23)16-7-4-3-5-8-16/h3-13,20-21H,14H2,1-2H3/t20-/m0/s1. The van der Waals surface area contributed by atoms with Crippen molar-refractivity contribution in [2.75, 3.05) is 20.8 Å². The first-order valence-corrected chi connectivity index (χ1v) is 12.7. The maximum atomic E-state index is 13.2. The smallest absolute Gasteiger partial charge is 0.244 e. The van der Waals surface area contributed by atoms with E-state index in [1.165, 1.54) is 49.8 Å². The normalized spacial score (nSPS) is 13.0. The van der Waals surface area contributed by atoms with Crippen molar-refractivity contribution in [2.24, 2.45) is 0 Å². The van der Waals surface area contributed by atoms with Crippen LogP contribution in [-0.4, -0.2) is 37.6 Å². The van der Waals surface area contributed by atoms with E-state index in [4.69, 9.17) is 9.47 Å². The van der Waals surface area contributed by atoms with Gasteiger partial charge in [-0.15, -0.1) is 11.3 Å². The Morgan fingerprint density at radius 1 is 0.933 bits per heavy atom. The first-order valence-electron chi connectivity index (χ1n) is 8.83. The zero-order chi connectivity index (χ0) is 21.8. The van der Waals surface area contributed by atoms with E-state index >= 15 is 0 Å². The fourth-order valence-electron chi connectivity index (χ4n) is 2.87. The zero-order valence-corrected chi connectivity index (χ0v) is 18.8. The van der Waals surface area contributed by atoms with Crippen LogP contribution in [-0.2, 0) is 19.9 Å². The number of sulfonamides is 1. The zero-order valence-electron chi connectivity index (χ0n) is 16.3. The van der Waals surface area contributed by atoms with E-state index in [0.29, 0.717) is 10.6 Å². The molecule has 1 N–H and O–H groups in total. The monoisotopic (exact) mass is 467 g/mol. The highest BCUT2D eigenvalue weighted by Gasteiger charge is 2.32. The molecule has 160 valence electrons.